The molecular formula is C13H18ClN5. The van der Waals surface area contributed by atoms with Gasteiger partial charge in [0.05, 0.1) is 0 Å². The smallest absolute Gasteiger partial charge is 0.137 e. The summed E-state index contributed by atoms with van der Waals surface area (Å²) in [5, 5.41) is 3.84. The Kier molecular flexibility index (Phi) is 4.74. The molecule has 2 aromatic rings. The zero-order chi connectivity index (χ0) is 13.7. The predicted molar refractivity (Wildman–Crippen MR) is 76.6 cm³/mol. The highest BCUT2D eigenvalue weighted by Crippen LogP contribution is 2.19. The van der Waals surface area contributed by atoms with Crippen LogP contribution in [-0.4, -0.2) is 26.5 Å². The molecular weight excluding hydrogens is 262 g/mol. The van der Waals surface area contributed by atoms with E-state index in [0.29, 0.717) is 5.15 Å². The van der Waals surface area contributed by atoms with Crippen molar-refractivity contribution in [2.75, 3.05) is 11.9 Å². The van der Waals surface area contributed by atoms with Gasteiger partial charge >= 0.3 is 0 Å². The summed E-state index contributed by atoms with van der Waals surface area (Å²) in [7, 11) is 0. The van der Waals surface area contributed by atoms with Crippen LogP contribution in [0.25, 0.3) is 0 Å². The standard InChI is InChI=1S/C13H18ClN5/c1-3-10-18-12(14)9(2)13(19-10)17-6-4-5-11-15-7-8-16-11/h7-8H,3-6H2,1-2H3,(H,15,16)(H,17,18,19). The van der Waals surface area contributed by atoms with Crippen LogP contribution in [0.5, 0.6) is 0 Å². The molecule has 0 spiro atoms. The third-order valence-corrected chi connectivity index (χ3v) is 3.25. The molecule has 0 aliphatic heterocycles. The van der Waals surface area contributed by atoms with Crippen molar-refractivity contribution in [1.82, 2.24) is 19.9 Å². The Balaban J connectivity index is 1.90. The summed E-state index contributed by atoms with van der Waals surface area (Å²) in [5.74, 6) is 2.61. The molecule has 2 aromatic heterocycles. The number of nitrogens with zero attached hydrogens (tertiary/aromatic N) is 3. The molecule has 102 valence electrons. The summed E-state index contributed by atoms with van der Waals surface area (Å²) in [4.78, 5) is 16.0. The van der Waals surface area contributed by atoms with E-state index in [0.717, 1.165) is 48.8 Å². The Labute approximate surface area is 117 Å². The Bertz CT molecular complexity index is 524. The van der Waals surface area contributed by atoms with E-state index >= 15 is 0 Å². The summed E-state index contributed by atoms with van der Waals surface area (Å²) in [6.07, 6.45) is 6.28. The number of nitrogens with one attached hydrogen (secondary N) is 2. The molecule has 0 saturated heterocycles. The summed E-state index contributed by atoms with van der Waals surface area (Å²) >= 11 is 6.09. The van der Waals surface area contributed by atoms with Crippen LogP contribution < -0.4 is 5.32 Å². The molecule has 0 saturated carbocycles. The van der Waals surface area contributed by atoms with Gasteiger partial charge in [0.1, 0.15) is 22.6 Å². The van der Waals surface area contributed by atoms with Crippen molar-refractivity contribution < 1.29 is 0 Å². The summed E-state index contributed by atoms with van der Waals surface area (Å²) < 4.78 is 0. The number of rotatable bonds is 6. The van der Waals surface area contributed by atoms with Crippen LogP contribution in [0.2, 0.25) is 5.15 Å². The van der Waals surface area contributed by atoms with E-state index in [1.165, 1.54) is 0 Å². The summed E-state index contributed by atoms with van der Waals surface area (Å²) in [6, 6.07) is 0. The van der Waals surface area contributed by atoms with Crippen LogP contribution in [0.15, 0.2) is 12.4 Å². The van der Waals surface area contributed by atoms with Crippen LogP contribution in [0.3, 0.4) is 0 Å². The lowest BCUT2D eigenvalue weighted by atomic mass is 10.3. The number of anilines is 1. The molecule has 2 rings (SSSR count). The van der Waals surface area contributed by atoms with Crippen LogP contribution in [0.4, 0.5) is 5.82 Å². The average molecular weight is 280 g/mol. The van der Waals surface area contributed by atoms with E-state index in [1.54, 1.807) is 6.20 Å². The molecule has 0 unspecified atom stereocenters. The fourth-order valence-electron chi connectivity index (χ4n) is 1.76. The number of imidazole rings is 1. The Morgan fingerprint density at radius 1 is 1.37 bits per heavy atom. The minimum Gasteiger partial charge on any atom is -0.370 e. The highest BCUT2D eigenvalue weighted by molar-refractivity contribution is 6.30. The van der Waals surface area contributed by atoms with Gasteiger partial charge in [-0.05, 0) is 13.3 Å². The zero-order valence-electron chi connectivity index (χ0n) is 11.2. The Morgan fingerprint density at radius 3 is 2.89 bits per heavy atom. The van der Waals surface area contributed by atoms with Gasteiger partial charge in [-0.3, -0.25) is 0 Å². The minimum absolute atomic E-state index is 0.528. The third-order valence-electron chi connectivity index (χ3n) is 2.89. The molecule has 0 radical (unpaired) electrons. The summed E-state index contributed by atoms with van der Waals surface area (Å²) in [6.45, 7) is 4.77. The first-order valence-corrected chi connectivity index (χ1v) is 6.83. The molecule has 2 N–H and O–H groups in total. The van der Waals surface area contributed by atoms with Gasteiger partial charge in [0.25, 0.3) is 0 Å². The van der Waals surface area contributed by atoms with Crippen molar-refractivity contribution in [3.63, 3.8) is 0 Å². The Hall–Kier alpha value is -1.62. The lowest BCUT2D eigenvalue weighted by Crippen LogP contribution is -2.09. The van der Waals surface area contributed by atoms with Crippen LogP contribution >= 0.6 is 11.6 Å². The van der Waals surface area contributed by atoms with E-state index in [1.807, 2.05) is 20.0 Å². The number of hydrogen-bond acceptors (Lipinski definition) is 4. The lowest BCUT2D eigenvalue weighted by Gasteiger charge is -2.10. The van der Waals surface area contributed by atoms with Crippen molar-refractivity contribution in [2.45, 2.75) is 33.1 Å². The van der Waals surface area contributed by atoms with Crippen LogP contribution in [0, 0.1) is 6.92 Å². The van der Waals surface area contributed by atoms with E-state index < -0.39 is 0 Å². The monoisotopic (exact) mass is 279 g/mol. The highest BCUT2D eigenvalue weighted by atomic mass is 35.5. The third kappa shape index (κ3) is 3.67. The zero-order valence-corrected chi connectivity index (χ0v) is 12.0. The van der Waals surface area contributed by atoms with E-state index in [2.05, 4.69) is 25.3 Å². The second-order valence-electron chi connectivity index (χ2n) is 4.32. The number of aromatic amines is 1. The maximum Gasteiger partial charge on any atom is 0.137 e. The second kappa shape index (κ2) is 6.52. The van der Waals surface area contributed by atoms with E-state index in [4.69, 9.17) is 11.6 Å². The first-order valence-electron chi connectivity index (χ1n) is 6.45. The number of halogens is 1. The fraction of sp³-hybridized carbons (Fsp3) is 0.462. The molecule has 2 heterocycles. The van der Waals surface area contributed by atoms with Gasteiger partial charge in [-0.2, -0.15) is 0 Å². The van der Waals surface area contributed by atoms with Gasteiger partial charge in [0.2, 0.25) is 0 Å². The fourth-order valence-corrected chi connectivity index (χ4v) is 1.95. The van der Waals surface area contributed by atoms with E-state index in [-0.39, 0.29) is 0 Å². The van der Waals surface area contributed by atoms with Gasteiger partial charge in [0, 0.05) is 37.3 Å². The average Bonchev–Trinajstić information content (AvgIpc) is 2.92. The van der Waals surface area contributed by atoms with Crippen molar-refractivity contribution in [3.05, 3.63) is 34.8 Å². The van der Waals surface area contributed by atoms with Gasteiger partial charge < -0.3 is 10.3 Å². The van der Waals surface area contributed by atoms with Gasteiger partial charge in [0.15, 0.2) is 0 Å². The molecule has 0 aliphatic carbocycles. The van der Waals surface area contributed by atoms with Crippen molar-refractivity contribution in [1.29, 1.82) is 0 Å². The SMILES string of the molecule is CCc1nc(Cl)c(C)c(NCCCc2ncc[nH]2)n1. The quantitative estimate of drug-likeness (QED) is 0.630. The highest BCUT2D eigenvalue weighted by Gasteiger charge is 2.07. The van der Waals surface area contributed by atoms with Crippen molar-refractivity contribution in [2.24, 2.45) is 0 Å². The molecule has 6 heteroatoms. The normalized spacial score (nSPS) is 10.7. The summed E-state index contributed by atoms with van der Waals surface area (Å²) in [5.41, 5.74) is 0.900. The maximum absolute atomic E-state index is 6.09. The predicted octanol–water partition coefficient (Wildman–Crippen LogP) is 2.77. The van der Waals surface area contributed by atoms with E-state index in [9.17, 15) is 0 Å². The molecule has 0 aliphatic rings. The van der Waals surface area contributed by atoms with Crippen molar-refractivity contribution >= 4 is 17.4 Å². The van der Waals surface area contributed by atoms with Gasteiger partial charge in [-0.1, -0.05) is 18.5 Å². The number of hydrogen-bond donors (Lipinski definition) is 2. The topological polar surface area (TPSA) is 66.5 Å². The first kappa shape index (κ1) is 13.8. The van der Waals surface area contributed by atoms with Crippen LogP contribution in [0.1, 0.15) is 30.6 Å². The molecule has 0 fully saturated rings. The molecule has 0 atom stereocenters. The van der Waals surface area contributed by atoms with Gasteiger partial charge in [-0.25, -0.2) is 15.0 Å². The number of aromatic nitrogens is 4. The number of aryl methyl sites for hydroxylation is 2. The second-order valence-corrected chi connectivity index (χ2v) is 4.68. The van der Waals surface area contributed by atoms with Crippen LogP contribution in [-0.2, 0) is 12.8 Å². The first-order chi connectivity index (χ1) is 9.20. The molecule has 0 aromatic carbocycles. The number of H-pyrrole nitrogens is 1. The molecule has 0 bridgehead atoms. The molecule has 19 heavy (non-hydrogen) atoms. The molecule has 0 amide bonds. The largest absolute Gasteiger partial charge is 0.370 e. The van der Waals surface area contributed by atoms with Crippen molar-refractivity contribution in [3.8, 4) is 0 Å². The minimum atomic E-state index is 0.528. The maximum atomic E-state index is 6.09. The van der Waals surface area contributed by atoms with Gasteiger partial charge in [-0.15, -0.1) is 0 Å². The molecule has 5 nitrogen and oxygen atoms in total. The lowest BCUT2D eigenvalue weighted by molar-refractivity contribution is 0.809. The Morgan fingerprint density at radius 2 is 2.21 bits per heavy atom.